The molecule has 1 aliphatic carbocycles. The Morgan fingerprint density at radius 1 is 1.17 bits per heavy atom. The van der Waals surface area contributed by atoms with Crippen LogP contribution in [-0.4, -0.2) is 12.2 Å². The van der Waals surface area contributed by atoms with E-state index in [9.17, 15) is 0 Å². The maximum absolute atomic E-state index is 5.55. The number of nitrogens with two attached hydrogens (primary N) is 1. The fraction of sp³-hybridized carbons (Fsp3) is 1.00. The molecule has 0 spiro atoms. The van der Waals surface area contributed by atoms with Crippen LogP contribution < -0.4 is 11.1 Å². The largest absolute Gasteiger partial charge is 0.318 e. The highest BCUT2D eigenvalue weighted by molar-refractivity contribution is 4.98. The maximum Gasteiger partial charge on any atom is 0.0433 e. The SMILES string of the molecule is CC1(C)CCCCC1(C)NCN. The molecule has 0 aromatic carbocycles. The summed E-state index contributed by atoms with van der Waals surface area (Å²) in [5.74, 6) is 0. The summed E-state index contributed by atoms with van der Waals surface area (Å²) in [5.41, 5.74) is 6.20. The Kier molecular flexibility index (Phi) is 2.79. The van der Waals surface area contributed by atoms with Gasteiger partial charge in [-0.2, -0.15) is 0 Å². The lowest BCUT2D eigenvalue weighted by Gasteiger charge is -2.48. The molecule has 1 unspecified atom stereocenters. The Balaban J connectivity index is 2.69. The van der Waals surface area contributed by atoms with Crippen LogP contribution >= 0.6 is 0 Å². The summed E-state index contributed by atoms with van der Waals surface area (Å²) < 4.78 is 0. The molecule has 2 nitrogen and oxygen atoms in total. The molecule has 0 aliphatic heterocycles. The third-order valence-corrected chi connectivity index (χ3v) is 3.71. The first kappa shape index (κ1) is 10.0. The van der Waals surface area contributed by atoms with Crippen LogP contribution in [0, 0.1) is 5.41 Å². The van der Waals surface area contributed by atoms with Gasteiger partial charge in [0.05, 0.1) is 0 Å². The summed E-state index contributed by atoms with van der Waals surface area (Å²) >= 11 is 0. The average molecular weight is 170 g/mol. The molecular formula is C10H22N2. The molecular weight excluding hydrogens is 148 g/mol. The molecule has 1 atom stereocenters. The van der Waals surface area contributed by atoms with E-state index < -0.39 is 0 Å². The Morgan fingerprint density at radius 3 is 2.25 bits per heavy atom. The van der Waals surface area contributed by atoms with Gasteiger partial charge < -0.3 is 5.73 Å². The molecule has 1 aliphatic rings. The van der Waals surface area contributed by atoms with Crippen LogP contribution in [0.25, 0.3) is 0 Å². The van der Waals surface area contributed by atoms with Crippen LogP contribution in [0.2, 0.25) is 0 Å². The minimum absolute atomic E-state index is 0.250. The van der Waals surface area contributed by atoms with E-state index in [0.29, 0.717) is 12.1 Å². The van der Waals surface area contributed by atoms with E-state index >= 15 is 0 Å². The quantitative estimate of drug-likeness (QED) is 0.621. The van der Waals surface area contributed by atoms with Gasteiger partial charge in [0.2, 0.25) is 0 Å². The molecule has 0 heterocycles. The second kappa shape index (κ2) is 3.35. The molecule has 72 valence electrons. The molecule has 1 fully saturated rings. The molecule has 0 radical (unpaired) electrons. The maximum atomic E-state index is 5.55. The number of hydrogen-bond donors (Lipinski definition) is 2. The van der Waals surface area contributed by atoms with Crippen molar-refractivity contribution in [3.8, 4) is 0 Å². The third kappa shape index (κ3) is 1.64. The second-order valence-corrected chi connectivity index (χ2v) is 4.80. The van der Waals surface area contributed by atoms with Crippen molar-refractivity contribution in [1.82, 2.24) is 5.32 Å². The number of rotatable bonds is 2. The highest BCUT2D eigenvalue weighted by atomic mass is 15.0. The molecule has 0 aromatic heterocycles. The monoisotopic (exact) mass is 170 g/mol. The van der Waals surface area contributed by atoms with Gasteiger partial charge in [-0.15, -0.1) is 0 Å². The van der Waals surface area contributed by atoms with Gasteiger partial charge in [0.25, 0.3) is 0 Å². The molecule has 2 heteroatoms. The summed E-state index contributed by atoms with van der Waals surface area (Å²) in [6, 6.07) is 0. The molecule has 1 saturated carbocycles. The van der Waals surface area contributed by atoms with Crippen molar-refractivity contribution >= 4 is 0 Å². The average Bonchev–Trinajstić information content (AvgIpc) is 1.96. The van der Waals surface area contributed by atoms with Crippen LogP contribution in [0.3, 0.4) is 0 Å². The molecule has 0 amide bonds. The van der Waals surface area contributed by atoms with Crippen molar-refractivity contribution in [3.05, 3.63) is 0 Å². The lowest BCUT2D eigenvalue weighted by Crippen LogP contribution is -2.56. The predicted octanol–water partition coefficient (Wildman–Crippen LogP) is 1.85. The van der Waals surface area contributed by atoms with E-state index in [2.05, 4.69) is 26.1 Å². The predicted molar refractivity (Wildman–Crippen MR) is 52.8 cm³/mol. The van der Waals surface area contributed by atoms with E-state index in [-0.39, 0.29) is 5.54 Å². The van der Waals surface area contributed by atoms with Crippen molar-refractivity contribution in [1.29, 1.82) is 0 Å². The van der Waals surface area contributed by atoms with Gasteiger partial charge in [0.1, 0.15) is 0 Å². The fourth-order valence-electron chi connectivity index (χ4n) is 2.21. The van der Waals surface area contributed by atoms with Gasteiger partial charge in [-0.05, 0) is 25.2 Å². The highest BCUT2D eigenvalue weighted by Crippen LogP contribution is 2.43. The first-order chi connectivity index (χ1) is 5.52. The van der Waals surface area contributed by atoms with Crippen molar-refractivity contribution < 1.29 is 0 Å². The van der Waals surface area contributed by atoms with E-state index in [0.717, 1.165) is 0 Å². The zero-order valence-corrected chi connectivity index (χ0v) is 8.61. The summed E-state index contributed by atoms with van der Waals surface area (Å²) in [6.07, 6.45) is 5.29. The molecule has 1 rings (SSSR count). The van der Waals surface area contributed by atoms with Gasteiger partial charge >= 0.3 is 0 Å². The normalized spacial score (nSPS) is 35.0. The van der Waals surface area contributed by atoms with E-state index in [1.54, 1.807) is 0 Å². The van der Waals surface area contributed by atoms with Crippen LogP contribution in [0.15, 0.2) is 0 Å². The van der Waals surface area contributed by atoms with E-state index in [1.807, 2.05) is 0 Å². The highest BCUT2D eigenvalue weighted by Gasteiger charge is 2.41. The van der Waals surface area contributed by atoms with Crippen molar-refractivity contribution in [3.63, 3.8) is 0 Å². The molecule has 0 bridgehead atoms. The molecule has 3 N–H and O–H groups in total. The topological polar surface area (TPSA) is 38.0 Å². The first-order valence-electron chi connectivity index (χ1n) is 4.97. The van der Waals surface area contributed by atoms with Crippen LogP contribution in [0.4, 0.5) is 0 Å². The Hall–Kier alpha value is -0.0800. The lowest BCUT2D eigenvalue weighted by atomic mass is 9.64. The molecule has 0 aromatic rings. The van der Waals surface area contributed by atoms with Gasteiger partial charge in [-0.1, -0.05) is 26.7 Å². The van der Waals surface area contributed by atoms with Crippen LogP contribution in [0.5, 0.6) is 0 Å². The van der Waals surface area contributed by atoms with Crippen molar-refractivity contribution in [2.75, 3.05) is 6.67 Å². The van der Waals surface area contributed by atoms with Gasteiger partial charge in [0.15, 0.2) is 0 Å². The number of hydrogen-bond acceptors (Lipinski definition) is 2. The van der Waals surface area contributed by atoms with E-state index in [1.165, 1.54) is 25.7 Å². The van der Waals surface area contributed by atoms with Gasteiger partial charge in [0, 0.05) is 12.2 Å². The summed E-state index contributed by atoms with van der Waals surface area (Å²) in [5, 5.41) is 3.43. The van der Waals surface area contributed by atoms with Gasteiger partial charge in [-0.3, -0.25) is 5.32 Å². The second-order valence-electron chi connectivity index (χ2n) is 4.80. The lowest BCUT2D eigenvalue weighted by molar-refractivity contribution is 0.0793. The molecule has 0 saturated heterocycles. The Labute approximate surface area is 75.9 Å². The van der Waals surface area contributed by atoms with Gasteiger partial charge in [-0.25, -0.2) is 0 Å². The standard InChI is InChI=1S/C10H22N2/c1-9(2)6-4-5-7-10(9,3)12-8-11/h12H,4-8,11H2,1-3H3. The Morgan fingerprint density at radius 2 is 1.75 bits per heavy atom. The van der Waals surface area contributed by atoms with Crippen molar-refractivity contribution in [2.45, 2.75) is 52.0 Å². The number of nitrogens with one attached hydrogen (secondary N) is 1. The van der Waals surface area contributed by atoms with E-state index in [4.69, 9.17) is 5.73 Å². The van der Waals surface area contributed by atoms with Crippen LogP contribution in [0.1, 0.15) is 46.5 Å². The molecule has 12 heavy (non-hydrogen) atoms. The summed E-state index contributed by atoms with van der Waals surface area (Å²) in [6.45, 7) is 7.59. The summed E-state index contributed by atoms with van der Waals surface area (Å²) in [7, 11) is 0. The smallest absolute Gasteiger partial charge is 0.0433 e. The minimum atomic E-state index is 0.250. The van der Waals surface area contributed by atoms with Crippen LogP contribution in [-0.2, 0) is 0 Å². The minimum Gasteiger partial charge on any atom is -0.318 e. The third-order valence-electron chi connectivity index (χ3n) is 3.71. The zero-order valence-electron chi connectivity index (χ0n) is 8.61. The first-order valence-corrected chi connectivity index (χ1v) is 4.97. The summed E-state index contributed by atoms with van der Waals surface area (Å²) in [4.78, 5) is 0. The zero-order chi connectivity index (χ0) is 9.24. The fourth-order valence-corrected chi connectivity index (χ4v) is 2.21. The Bertz CT molecular complexity index is 150. The van der Waals surface area contributed by atoms with Crippen molar-refractivity contribution in [2.24, 2.45) is 11.1 Å².